The topological polar surface area (TPSA) is 29.5 Å². The van der Waals surface area contributed by atoms with Crippen molar-refractivity contribution in [2.75, 3.05) is 11.5 Å². The molecule has 2 aliphatic rings. The largest absolute Gasteiger partial charge is 0.366 e. The van der Waals surface area contributed by atoms with E-state index in [2.05, 4.69) is 0 Å². The molecule has 1 amide bonds. The quantitative estimate of drug-likeness (QED) is 0.695. The van der Waals surface area contributed by atoms with Crippen LogP contribution in [0.4, 0.5) is 10.1 Å². The van der Waals surface area contributed by atoms with Crippen molar-refractivity contribution in [2.24, 2.45) is 0 Å². The molecule has 78 valence electrons. The Morgan fingerprint density at radius 2 is 2.07 bits per heavy atom. The molecule has 2 bridgehead atoms. The van der Waals surface area contributed by atoms with Gasteiger partial charge in [-0.05, 0) is 24.3 Å². The normalized spacial score (nSPS) is 28.9. The number of ether oxygens (including phenoxy) is 1. The van der Waals surface area contributed by atoms with Crippen molar-refractivity contribution in [3.8, 4) is 0 Å². The Labute approximate surface area is 86.4 Å². The number of fused-ring (bicyclic) bond motifs is 2. The smallest absolute Gasteiger partial charge is 0.256 e. The molecule has 2 aliphatic heterocycles. The van der Waals surface area contributed by atoms with Crippen LogP contribution in [0.3, 0.4) is 0 Å². The van der Waals surface area contributed by atoms with Gasteiger partial charge in [0.2, 0.25) is 0 Å². The first-order chi connectivity index (χ1) is 7.25. The molecular formula is C11H10FNO2. The van der Waals surface area contributed by atoms with Gasteiger partial charge in [-0.25, -0.2) is 4.39 Å². The molecule has 0 saturated carbocycles. The van der Waals surface area contributed by atoms with Crippen LogP contribution in [0, 0.1) is 5.82 Å². The van der Waals surface area contributed by atoms with Gasteiger partial charge in [0.05, 0.1) is 12.6 Å². The van der Waals surface area contributed by atoms with Crippen LogP contribution in [-0.2, 0) is 9.53 Å². The van der Waals surface area contributed by atoms with E-state index in [1.165, 1.54) is 12.1 Å². The first kappa shape index (κ1) is 8.85. The lowest BCUT2D eigenvalue weighted by Crippen LogP contribution is -2.41. The molecule has 1 aromatic carbocycles. The van der Waals surface area contributed by atoms with Crippen LogP contribution >= 0.6 is 0 Å². The lowest BCUT2D eigenvalue weighted by atomic mass is 10.2. The van der Waals surface area contributed by atoms with Gasteiger partial charge >= 0.3 is 0 Å². The van der Waals surface area contributed by atoms with E-state index < -0.39 is 0 Å². The van der Waals surface area contributed by atoms with Crippen LogP contribution < -0.4 is 4.90 Å². The van der Waals surface area contributed by atoms with Gasteiger partial charge in [0.1, 0.15) is 11.9 Å². The molecule has 1 aromatic rings. The summed E-state index contributed by atoms with van der Waals surface area (Å²) in [5, 5.41) is 0. The number of benzene rings is 1. The minimum atomic E-state index is -0.285. The summed E-state index contributed by atoms with van der Waals surface area (Å²) >= 11 is 0. The molecule has 0 aliphatic carbocycles. The first-order valence-electron chi connectivity index (χ1n) is 4.96. The molecule has 2 heterocycles. The summed E-state index contributed by atoms with van der Waals surface area (Å²) in [6.07, 6.45) is 0.482. The monoisotopic (exact) mass is 207 g/mol. The number of hydrogen-bond donors (Lipinski definition) is 0. The summed E-state index contributed by atoms with van der Waals surface area (Å²) in [4.78, 5) is 13.5. The molecule has 0 aromatic heterocycles. The lowest BCUT2D eigenvalue weighted by Gasteiger charge is -2.26. The maximum absolute atomic E-state index is 12.7. The highest BCUT2D eigenvalue weighted by Gasteiger charge is 2.46. The predicted octanol–water partition coefficient (Wildman–Crippen LogP) is 1.33. The van der Waals surface area contributed by atoms with E-state index in [-0.39, 0.29) is 23.9 Å². The lowest BCUT2D eigenvalue weighted by molar-refractivity contribution is -0.128. The highest BCUT2D eigenvalue weighted by molar-refractivity contribution is 6.00. The van der Waals surface area contributed by atoms with Crippen molar-refractivity contribution >= 4 is 11.6 Å². The van der Waals surface area contributed by atoms with Crippen LogP contribution in [0.1, 0.15) is 6.42 Å². The number of carbonyl (C=O) groups is 1. The average Bonchev–Trinajstić information content (AvgIpc) is 2.80. The summed E-state index contributed by atoms with van der Waals surface area (Å²) in [6, 6.07) is 6.14. The molecule has 15 heavy (non-hydrogen) atoms. The third kappa shape index (κ3) is 1.25. The Balaban J connectivity index is 1.94. The fourth-order valence-electron chi connectivity index (χ4n) is 2.24. The number of halogens is 1. The Bertz CT molecular complexity index is 404. The van der Waals surface area contributed by atoms with Crippen molar-refractivity contribution in [1.82, 2.24) is 0 Å². The van der Waals surface area contributed by atoms with Crippen molar-refractivity contribution < 1.29 is 13.9 Å². The third-order valence-corrected chi connectivity index (χ3v) is 2.96. The van der Waals surface area contributed by atoms with E-state index in [4.69, 9.17) is 4.74 Å². The highest BCUT2D eigenvalue weighted by Crippen LogP contribution is 2.33. The molecule has 2 atom stereocenters. The van der Waals surface area contributed by atoms with Crippen molar-refractivity contribution in [1.29, 1.82) is 0 Å². The molecule has 2 unspecified atom stereocenters. The van der Waals surface area contributed by atoms with Crippen LogP contribution in [0.25, 0.3) is 0 Å². The van der Waals surface area contributed by atoms with Gasteiger partial charge < -0.3 is 9.64 Å². The fraction of sp³-hybridized carbons (Fsp3) is 0.364. The maximum atomic E-state index is 12.7. The first-order valence-corrected chi connectivity index (χ1v) is 4.96. The Hall–Kier alpha value is -1.42. The van der Waals surface area contributed by atoms with Gasteiger partial charge in [0, 0.05) is 12.1 Å². The minimum absolute atomic E-state index is 0.00198. The molecule has 0 radical (unpaired) electrons. The summed E-state index contributed by atoms with van der Waals surface area (Å²) in [6.45, 7) is 0.591. The zero-order valence-electron chi connectivity index (χ0n) is 8.02. The standard InChI is InChI=1S/C11H10FNO2/c12-7-1-3-8(4-2-7)13-9-5-10(11(13)14)15-6-9/h1-4,9-10H,5-6H2. The number of hydrogen-bond acceptors (Lipinski definition) is 2. The zero-order chi connectivity index (χ0) is 10.4. The molecule has 0 spiro atoms. The number of nitrogens with zero attached hydrogens (tertiary/aromatic N) is 1. The molecule has 0 N–H and O–H groups in total. The van der Waals surface area contributed by atoms with Crippen molar-refractivity contribution in [2.45, 2.75) is 18.6 Å². The van der Waals surface area contributed by atoms with Crippen LogP contribution in [-0.4, -0.2) is 24.7 Å². The minimum Gasteiger partial charge on any atom is -0.366 e. The van der Waals surface area contributed by atoms with Crippen molar-refractivity contribution in [3.63, 3.8) is 0 Å². The zero-order valence-corrected chi connectivity index (χ0v) is 8.02. The average molecular weight is 207 g/mol. The van der Waals surface area contributed by atoms with E-state index in [0.29, 0.717) is 6.61 Å². The fourth-order valence-corrected chi connectivity index (χ4v) is 2.24. The second kappa shape index (κ2) is 3.03. The van der Waals surface area contributed by atoms with Crippen molar-refractivity contribution in [3.05, 3.63) is 30.1 Å². The SMILES string of the molecule is O=C1C2CC(CO2)N1c1ccc(F)cc1. The van der Waals surface area contributed by atoms with E-state index >= 15 is 0 Å². The van der Waals surface area contributed by atoms with E-state index in [1.54, 1.807) is 17.0 Å². The van der Waals surface area contributed by atoms with Crippen LogP contribution in [0.15, 0.2) is 24.3 Å². The molecule has 2 saturated heterocycles. The number of amides is 1. The second-order valence-electron chi connectivity index (χ2n) is 3.90. The summed E-state index contributed by atoms with van der Waals surface area (Å²) < 4.78 is 18.0. The summed E-state index contributed by atoms with van der Waals surface area (Å²) in [7, 11) is 0. The van der Waals surface area contributed by atoms with Crippen LogP contribution in [0.5, 0.6) is 0 Å². The third-order valence-electron chi connectivity index (χ3n) is 2.96. The Morgan fingerprint density at radius 1 is 1.33 bits per heavy atom. The molecule has 3 nitrogen and oxygen atoms in total. The molecule has 2 fully saturated rings. The Morgan fingerprint density at radius 3 is 2.67 bits per heavy atom. The van der Waals surface area contributed by atoms with Gasteiger partial charge in [-0.3, -0.25) is 4.79 Å². The van der Waals surface area contributed by atoms with Gasteiger partial charge in [0.15, 0.2) is 0 Å². The number of rotatable bonds is 1. The summed E-state index contributed by atoms with van der Waals surface area (Å²) in [5.74, 6) is -0.287. The second-order valence-corrected chi connectivity index (χ2v) is 3.90. The Kier molecular flexibility index (Phi) is 1.79. The van der Waals surface area contributed by atoms with E-state index in [1.807, 2.05) is 0 Å². The van der Waals surface area contributed by atoms with E-state index in [0.717, 1.165) is 12.1 Å². The van der Waals surface area contributed by atoms with Gasteiger partial charge in [-0.2, -0.15) is 0 Å². The van der Waals surface area contributed by atoms with Gasteiger partial charge in [0.25, 0.3) is 5.91 Å². The summed E-state index contributed by atoms with van der Waals surface area (Å²) in [5.41, 5.74) is 0.761. The number of anilines is 1. The molecular weight excluding hydrogens is 197 g/mol. The molecule has 3 rings (SSSR count). The van der Waals surface area contributed by atoms with E-state index in [9.17, 15) is 9.18 Å². The number of morpholine rings is 1. The predicted molar refractivity (Wildman–Crippen MR) is 52.0 cm³/mol. The van der Waals surface area contributed by atoms with Gasteiger partial charge in [-0.15, -0.1) is 0 Å². The maximum Gasteiger partial charge on any atom is 0.256 e. The number of carbonyl (C=O) groups excluding carboxylic acids is 1. The van der Waals surface area contributed by atoms with Crippen LogP contribution in [0.2, 0.25) is 0 Å². The van der Waals surface area contributed by atoms with Gasteiger partial charge in [-0.1, -0.05) is 0 Å². The molecule has 4 heteroatoms. The highest BCUT2D eigenvalue weighted by atomic mass is 19.1.